The molecule has 2 aromatic heterocycles. The maximum atomic E-state index is 10.9. The Hall–Kier alpha value is -2.81. The second kappa shape index (κ2) is 4.70. The molecule has 9 nitrogen and oxygen atoms in total. The molecule has 1 aromatic carbocycles. The van der Waals surface area contributed by atoms with E-state index in [0.717, 1.165) is 4.63 Å². The van der Waals surface area contributed by atoms with Crippen molar-refractivity contribution in [2.75, 3.05) is 0 Å². The van der Waals surface area contributed by atoms with Gasteiger partial charge in [0.1, 0.15) is 0 Å². The molecular formula is C10H5ClN6O3. The van der Waals surface area contributed by atoms with E-state index in [0.29, 0.717) is 5.65 Å². The maximum Gasteiger partial charge on any atom is 0.313 e. The quantitative estimate of drug-likeness (QED) is 0.535. The Balaban J connectivity index is 1.99. The van der Waals surface area contributed by atoms with Gasteiger partial charge in [-0.2, -0.15) is 0 Å². The maximum absolute atomic E-state index is 10.9. The fourth-order valence-electron chi connectivity index (χ4n) is 1.52. The first-order chi connectivity index (χ1) is 9.63. The van der Waals surface area contributed by atoms with E-state index in [-0.39, 0.29) is 22.3 Å². The molecule has 3 rings (SSSR count). The smallest absolute Gasteiger partial charge is 0.313 e. The number of tetrazole rings is 1. The number of halogens is 1. The summed E-state index contributed by atoms with van der Waals surface area (Å²) in [5, 5.41) is 25.9. The van der Waals surface area contributed by atoms with Gasteiger partial charge in [0.05, 0.1) is 4.92 Å². The zero-order chi connectivity index (χ0) is 14.1. The summed E-state index contributed by atoms with van der Waals surface area (Å²) in [6.07, 6.45) is 0. The molecule has 2 heterocycles. The molecule has 0 unspecified atom stereocenters. The lowest BCUT2D eigenvalue weighted by Gasteiger charge is -2.05. The van der Waals surface area contributed by atoms with Crippen LogP contribution in [0, 0.1) is 10.1 Å². The highest BCUT2D eigenvalue weighted by atomic mass is 35.5. The van der Waals surface area contributed by atoms with Gasteiger partial charge in [0, 0.05) is 17.2 Å². The summed E-state index contributed by atoms with van der Waals surface area (Å²) in [4.78, 5) is 10.4. The average Bonchev–Trinajstić information content (AvgIpc) is 2.88. The molecule has 0 atom stereocenters. The first kappa shape index (κ1) is 12.2. The summed E-state index contributed by atoms with van der Waals surface area (Å²) >= 11 is 5.72. The van der Waals surface area contributed by atoms with Gasteiger partial charge in [-0.05, 0) is 28.6 Å². The van der Waals surface area contributed by atoms with Crippen LogP contribution in [0.3, 0.4) is 0 Å². The van der Waals surface area contributed by atoms with Gasteiger partial charge in [0.25, 0.3) is 0 Å². The Kier molecular flexibility index (Phi) is 2.88. The van der Waals surface area contributed by atoms with Gasteiger partial charge < -0.3 is 4.74 Å². The minimum atomic E-state index is -0.587. The molecule has 20 heavy (non-hydrogen) atoms. The van der Waals surface area contributed by atoms with E-state index in [9.17, 15) is 10.1 Å². The number of ether oxygens (including phenoxy) is 1. The predicted octanol–water partition coefficient (Wildman–Crippen LogP) is 1.87. The van der Waals surface area contributed by atoms with Gasteiger partial charge >= 0.3 is 5.69 Å². The number of hydrogen-bond donors (Lipinski definition) is 0. The number of nitro benzene ring substituents is 1. The lowest BCUT2D eigenvalue weighted by molar-refractivity contribution is -0.385. The molecule has 0 saturated carbocycles. The van der Waals surface area contributed by atoms with E-state index in [4.69, 9.17) is 16.3 Å². The molecule has 10 heteroatoms. The fraction of sp³-hybridized carbons (Fsp3) is 0. The number of nitro groups is 1. The topological polar surface area (TPSA) is 108 Å². The zero-order valence-corrected chi connectivity index (χ0v) is 10.4. The second-order valence-electron chi connectivity index (χ2n) is 3.67. The standard InChI is InChI=1S/C10H5ClN6O3/c11-6-1-2-8(7(5-6)17(18)19)20-10-4-3-9-12-14-15-16(9)13-10/h1-5H. The first-order valence-electron chi connectivity index (χ1n) is 5.31. The van der Waals surface area contributed by atoms with Crippen LogP contribution >= 0.6 is 11.6 Å². The number of benzene rings is 1. The largest absolute Gasteiger partial charge is 0.430 e. The molecule has 0 N–H and O–H groups in total. The minimum Gasteiger partial charge on any atom is -0.430 e. The van der Waals surface area contributed by atoms with Gasteiger partial charge in [0.15, 0.2) is 5.65 Å². The van der Waals surface area contributed by atoms with E-state index in [2.05, 4.69) is 20.6 Å². The summed E-state index contributed by atoms with van der Waals surface area (Å²) in [5.41, 5.74) is 0.180. The number of rotatable bonds is 3. The van der Waals surface area contributed by atoms with Gasteiger partial charge in [-0.3, -0.25) is 10.1 Å². The van der Waals surface area contributed by atoms with Crippen LogP contribution < -0.4 is 4.74 Å². The van der Waals surface area contributed by atoms with Crippen LogP contribution in [0.25, 0.3) is 5.65 Å². The van der Waals surface area contributed by atoms with Gasteiger partial charge in [0.2, 0.25) is 11.6 Å². The molecule has 100 valence electrons. The third-order valence-corrected chi connectivity index (χ3v) is 2.61. The number of hydrogen-bond acceptors (Lipinski definition) is 7. The van der Waals surface area contributed by atoms with Crippen molar-refractivity contribution in [3.63, 3.8) is 0 Å². The summed E-state index contributed by atoms with van der Waals surface area (Å²) in [7, 11) is 0. The highest BCUT2D eigenvalue weighted by Crippen LogP contribution is 2.32. The van der Waals surface area contributed by atoms with Crippen molar-refractivity contribution < 1.29 is 9.66 Å². The fourth-order valence-corrected chi connectivity index (χ4v) is 1.69. The van der Waals surface area contributed by atoms with E-state index in [1.807, 2.05) is 0 Å². The van der Waals surface area contributed by atoms with Crippen molar-refractivity contribution >= 4 is 22.9 Å². The normalized spacial score (nSPS) is 10.7. The molecule has 0 saturated heterocycles. The molecule has 0 aliphatic carbocycles. The van der Waals surface area contributed by atoms with Crippen molar-refractivity contribution in [2.24, 2.45) is 0 Å². The SMILES string of the molecule is O=[N+]([O-])c1cc(Cl)ccc1Oc1ccc2nnnn2n1. The van der Waals surface area contributed by atoms with Crippen molar-refractivity contribution in [3.8, 4) is 11.6 Å². The molecule has 0 amide bonds. The lowest BCUT2D eigenvalue weighted by atomic mass is 10.3. The van der Waals surface area contributed by atoms with E-state index < -0.39 is 4.92 Å². The van der Waals surface area contributed by atoms with E-state index >= 15 is 0 Å². The molecule has 3 aromatic rings. The van der Waals surface area contributed by atoms with Crippen LogP contribution in [0.2, 0.25) is 5.02 Å². The molecule has 0 spiro atoms. The first-order valence-corrected chi connectivity index (χ1v) is 5.68. The summed E-state index contributed by atoms with van der Waals surface area (Å²) in [5.74, 6) is 0.148. The van der Waals surface area contributed by atoms with Crippen LogP contribution in [0.15, 0.2) is 30.3 Å². The van der Waals surface area contributed by atoms with Crippen LogP contribution in [-0.2, 0) is 0 Å². The molecule has 0 bridgehead atoms. The molecule has 0 radical (unpaired) electrons. The summed E-state index contributed by atoms with van der Waals surface area (Å²) in [6.45, 7) is 0. The van der Waals surface area contributed by atoms with E-state index in [1.165, 1.54) is 24.3 Å². The Morgan fingerprint density at radius 3 is 2.95 bits per heavy atom. The van der Waals surface area contributed by atoms with Gasteiger partial charge in [-0.1, -0.05) is 11.6 Å². The van der Waals surface area contributed by atoms with Crippen molar-refractivity contribution in [3.05, 3.63) is 45.5 Å². The number of aromatic nitrogens is 5. The monoisotopic (exact) mass is 292 g/mol. The Labute approximate surface area is 115 Å². The van der Waals surface area contributed by atoms with Crippen LogP contribution in [0.5, 0.6) is 11.6 Å². The summed E-state index contributed by atoms with van der Waals surface area (Å²) < 4.78 is 6.53. The van der Waals surface area contributed by atoms with Crippen LogP contribution in [-0.4, -0.2) is 30.2 Å². The average molecular weight is 293 g/mol. The number of fused-ring (bicyclic) bond motifs is 1. The highest BCUT2D eigenvalue weighted by Gasteiger charge is 2.17. The Bertz CT molecular complexity index is 805. The van der Waals surface area contributed by atoms with Crippen molar-refractivity contribution in [1.29, 1.82) is 0 Å². The minimum absolute atomic E-state index is 0.0272. The van der Waals surface area contributed by atoms with E-state index in [1.54, 1.807) is 6.07 Å². The summed E-state index contributed by atoms with van der Waals surface area (Å²) in [6, 6.07) is 7.16. The highest BCUT2D eigenvalue weighted by molar-refractivity contribution is 6.30. The lowest BCUT2D eigenvalue weighted by Crippen LogP contribution is -1.99. The molecule has 0 aliphatic rings. The van der Waals surface area contributed by atoms with Crippen LogP contribution in [0.4, 0.5) is 5.69 Å². The third kappa shape index (κ3) is 2.21. The number of nitrogens with zero attached hydrogens (tertiary/aromatic N) is 6. The molecule has 0 fully saturated rings. The molecule has 0 aliphatic heterocycles. The Morgan fingerprint density at radius 2 is 2.15 bits per heavy atom. The second-order valence-corrected chi connectivity index (χ2v) is 4.11. The van der Waals surface area contributed by atoms with Crippen LogP contribution in [0.1, 0.15) is 0 Å². The molecular weight excluding hydrogens is 288 g/mol. The van der Waals surface area contributed by atoms with Gasteiger partial charge in [-0.15, -0.1) is 14.8 Å². The van der Waals surface area contributed by atoms with Gasteiger partial charge in [-0.25, -0.2) is 0 Å². The third-order valence-electron chi connectivity index (χ3n) is 2.38. The predicted molar refractivity (Wildman–Crippen MR) is 66.8 cm³/mol. The Morgan fingerprint density at radius 1 is 1.30 bits per heavy atom. The van der Waals surface area contributed by atoms with Crippen molar-refractivity contribution in [2.45, 2.75) is 0 Å². The zero-order valence-electron chi connectivity index (χ0n) is 9.67. The van der Waals surface area contributed by atoms with Crippen molar-refractivity contribution in [1.82, 2.24) is 25.3 Å².